The van der Waals surface area contributed by atoms with Crippen molar-refractivity contribution in [2.75, 3.05) is 13.2 Å². The van der Waals surface area contributed by atoms with E-state index in [2.05, 4.69) is 24.1 Å². The van der Waals surface area contributed by atoms with Gasteiger partial charge in [-0.2, -0.15) is 0 Å². The van der Waals surface area contributed by atoms with Gasteiger partial charge in [-0.15, -0.1) is 11.3 Å². The van der Waals surface area contributed by atoms with Crippen LogP contribution in [0, 0.1) is 12.8 Å². The molecule has 5 nitrogen and oxygen atoms in total. The highest BCUT2D eigenvalue weighted by molar-refractivity contribution is 7.18. The Morgan fingerprint density at radius 2 is 2.14 bits per heavy atom. The van der Waals surface area contributed by atoms with Gasteiger partial charge in [0.1, 0.15) is 23.0 Å². The lowest BCUT2D eigenvalue weighted by Crippen LogP contribution is -2.27. The van der Waals surface area contributed by atoms with Crippen LogP contribution >= 0.6 is 11.3 Å². The summed E-state index contributed by atoms with van der Waals surface area (Å²) in [6, 6.07) is 7.99. The van der Waals surface area contributed by atoms with E-state index in [1.54, 1.807) is 11.3 Å². The molecule has 0 spiro atoms. The van der Waals surface area contributed by atoms with Gasteiger partial charge in [-0.25, -0.2) is 4.98 Å². The minimum atomic E-state index is -0.0447. The summed E-state index contributed by atoms with van der Waals surface area (Å²) in [5, 5.41) is 4.20. The summed E-state index contributed by atoms with van der Waals surface area (Å²) in [5.74, 6) is 2.25. The fourth-order valence-corrected chi connectivity index (χ4v) is 5.14. The van der Waals surface area contributed by atoms with Gasteiger partial charge in [0, 0.05) is 11.4 Å². The van der Waals surface area contributed by atoms with Gasteiger partial charge in [0.05, 0.1) is 11.4 Å². The maximum Gasteiger partial charge on any atom is 0.259 e. The average Bonchev–Trinajstić information content (AvgIpc) is 3.04. The van der Waals surface area contributed by atoms with Crippen molar-refractivity contribution in [2.45, 2.75) is 46.1 Å². The highest BCUT2D eigenvalue weighted by Gasteiger charge is 2.23. The van der Waals surface area contributed by atoms with Gasteiger partial charge < -0.3 is 15.0 Å². The number of hydrogen-bond acceptors (Lipinski definition) is 5. The molecule has 1 aromatic carbocycles. The number of nitrogens with zero attached hydrogens (tertiary/aromatic N) is 1. The number of aryl methyl sites for hydroxylation is 2. The summed E-state index contributed by atoms with van der Waals surface area (Å²) in [6.07, 6.45) is 3.21. The first-order chi connectivity index (χ1) is 13.5. The number of rotatable bonds is 6. The smallest absolute Gasteiger partial charge is 0.259 e. The fourth-order valence-electron chi connectivity index (χ4n) is 3.75. The summed E-state index contributed by atoms with van der Waals surface area (Å²) < 4.78 is 5.75. The highest BCUT2D eigenvalue weighted by Crippen LogP contribution is 2.35. The predicted octanol–water partition coefficient (Wildman–Crippen LogP) is 4.15. The van der Waals surface area contributed by atoms with Gasteiger partial charge in [-0.05, 0) is 56.7 Å². The van der Waals surface area contributed by atoms with Crippen molar-refractivity contribution in [1.82, 2.24) is 15.3 Å². The van der Waals surface area contributed by atoms with Crippen LogP contribution in [0.1, 0.15) is 48.1 Å². The molecular formula is C22H27N3O2S. The molecule has 2 heterocycles. The maximum absolute atomic E-state index is 12.7. The lowest BCUT2D eigenvalue weighted by molar-refractivity contribution is 0.306. The Morgan fingerprint density at radius 3 is 2.93 bits per heavy atom. The molecule has 0 radical (unpaired) electrons. The lowest BCUT2D eigenvalue weighted by atomic mass is 9.89. The first-order valence-electron chi connectivity index (χ1n) is 9.98. The minimum Gasteiger partial charge on any atom is -0.492 e. The van der Waals surface area contributed by atoms with Crippen LogP contribution in [0.5, 0.6) is 5.75 Å². The fraction of sp³-hybridized carbons (Fsp3) is 0.455. The molecule has 148 valence electrons. The van der Waals surface area contributed by atoms with E-state index in [0.29, 0.717) is 24.9 Å². The molecule has 4 rings (SSSR count). The monoisotopic (exact) mass is 397 g/mol. The van der Waals surface area contributed by atoms with Crippen LogP contribution in [0.15, 0.2) is 29.1 Å². The Kier molecular flexibility index (Phi) is 5.51. The quantitative estimate of drug-likeness (QED) is 0.613. The predicted molar refractivity (Wildman–Crippen MR) is 115 cm³/mol. The molecule has 0 saturated heterocycles. The second kappa shape index (κ2) is 8.05. The van der Waals surface area contributed by atoms with Gasteiger partial charge in [0.15, 0.2) is 0 Å². The molecule has 28 heavy (non-hydrogen) atoms. The van der Waals surface area contributed by atoms with Gasteiger partial charge >= 0.3 is 0 Å². The standard InChI is InChI=1S/C22H27N3O2S/c1-13-4-7-16(8-5-13)27-11-10-23-15(3)20-24-21(26)19-17-9-6-14(2)12-18(17)28-22(19)25-20/h4-5,7-8,14-15,23H,6,9-12H2,1-3H3,(H,24,25,26)/t14-,15+/m1/s1. The first kappa shape index (κ1) is 19.2. The molecule has 6 heteroatoms. The van der Waals surface area contributed by atoms with Crippen molar-refractivity contribution in [3.8, 4) is 5.75 Å². The molecule has 2 N–H and O–H groups in total. The topological polar surface area (TPSA) is 67.0 Å². The number of aromatic amines is 1. The zero-order valence-corrected chi connectivity index (χ0v) is 17.5. The maximum atomic E-state index is 12.7. The number of fused-ring (bicyclic) bond motifs is 3. The third-order valence-corrected chi connectivity index (χ3v) is 6.58. The van der Waals surface area contributed by atoms with Crippen LogP contribution in [-0.2, 0) is 12.8 Å². The van der Waals surface area contributed by atoms with Gasteiger partial charge in [0.25, 0.3) is 5.56 Å². The number of ether oxygens (including phenoxy) is 1. The van der Waals surface area contributed by atoms with E-state index in [4.69, 9.17) is 9.72 Å². The summed E-state index contributed by atoms with van der Waals surface area (Å²) in [7, 11) is 0. The van der Waals surface area contributed by atoms with E-state index >= 15 is 0 Å². The Bertz CT molecular complexity index is 1020. The molecule has 0 saturated carbocycles. The molecule has 0 fully saturated rings. The van der Waals surface area contributed by atoms with Crippen LogP contribution < -0.4 is 15.6 Å². The molecule has 2 atom stereocenters. The highest BCUT2D eigenvalue weighted by atomic mass is 32.1. The second-order valence-electron chi connectivity index (χ2n) is 7.82. The van der Waals surface area contributed by atoms with Crippen molar-refractivity contribution in [3.05, 3.63) is 56.4 Å². The normalized spacial score (nSPS) is 17.5. The second-order valence-corrected chi connectivity index (χ2v) is 8.90. The van der Waals surface area contributed by atoms with Gasteiger partial charge in [-0.3, -0.25) is 4.79 Å². The van der Waals surface area contributed by atoms with Crippen LogP contribution in [-0.4, -0.2) is 23.1 Å². The summed E-state index contributed by atoms with van der Waals surface area (Å²) in [4.78, 5) is 22.7. The van der Waals surface area contributed by atoms with E-state index in [1.807, 2.05) is 31.2 Å². The zero-order valence-electron chi connectivity index (χ0n) is 16.7. The van der Waals surface area contributed by atoms with E-state index in [0.717, 1.165) is 35.2 Å². The molecule has 1 aliphatic rings. The zero-order chi connectivity index (χ0) is 19.7. The molecule has 0 unspecified atom stereocenters. The molecule has 1 aliphatic carbocycles. The number of nitrogens with one attached hydrogen (secondary N) is 2. The van der Waals surface area contributed by atoms with Gasteiger partial charge in [-0.1, -0.05) is 24.6 Å². The molecule has 0 bridgehead atoms. The average molecular weight is 398 g/mol. The Labute approximate surface area is 169 Å². The minimum absolute atomic E-state index is 0.00314. The SMILES string of the molecule is Cc1ccc(OCCN[C@@H](C)c2nc3sc4c(c3c(=O)[nH]2)CC[C@@H](C)C4)cc1. The van der Waals surface area contributed by atoms with Crippen LogP contribution in [0.4, 0.5) is 0 Å². The number of benzene rings is 1. The summed E-state index contributed by atoms with van der Waals surface area (Å²) in [5.41, 5.74) is 2.44. The van der Waals surface area contributed by atoms with Crippen LogP contribution in [0.2, 0.25) is 0 Å². The van der Waals surface area contributed by atoms with Crippen molar-refractivity contribution in [1.29, 1.82) is 0 Å². The van der Waals surface area contributed by atoms with Crippen molar-refractivity contribution in [3.63, 3.8) is 0 Å². The molecule has 0 aliphatic heterocycles. The number of aromatic nitrogens is 2. The number of thiophene rings is 1. The Morgan fingerprint density at radius 1 is 1.36 bits per heavy atom. The first-order valence-corrected chi connectivity index (χ1v) is 10.8. The van der Waals surface area contributed by atoms with Crippen LogP contribution in [0.3, 0.4) is 0 Å². The summed E-state index contributed by atoms with van der Waals surface area (Å²) >= 11 is 1.69. The van der Waals surface area contributed by atoms with E-state index < -0.39 is 0 Å². The van der Waals surface area contributed by atoms with Gasteiger partial charge in [0.2, 0.25) is 0 Å². The van der Waals surface area contributed by atoms with Crippen molar-refractivity contribution < 1.29 is 4.74 Å². The summed E-state index contributed by atoms with van der Waals surface area (Å²) in [6.45, 7) is 7.59. The number of H-pyrrole nitrogens is 1. The Balaban J connectivity index is 1.42. The third-order valence-electron chi connectivity index (χ3n) is 5.44. The number of hydrogen-bond donors (Lipinski definition) is 2. The Hall–Kier alpha value is -2.18. The van der Waals surface area contributed by atoms with Crippen LogP contribution in [0.25, 0.3) is 10.2 Å². The van der Waals surface area contributed by atoms with E-state index in [-0.39, 0.29) is 11.6 Å². The van der Waals surface area contributed by atoms with E-state index in [1.165, 1.54) is 16.0 Å². The van der Waals surface area contributed by atoms with E-state index in [9.17, 15) is 4.79 Å². The van der Waals surface area contributed by atoms with Crippen molar-refractivity contribution in [2.24, 2.45) is 5.92 Å². The largest absolute Gasteiger partial charge is 0.492 e. The molecule has 2 aromatic heterocycles. The lowest BCUT2D eigenvalue weighted by Gasteiger charge is -2.17. The molecule has 0 amide bonds. The third kappa shape index (κ3) is 3.98. The molecular weight excluding hydrogens is 370 g/mol. The molecule has 3 aromatic rings. The van der Waals surface area contributed by atoms with Crippen molar-refractivity contribution >= 4 is 21.6 Å².